The molecule has 0 aliphatic carbocycles. The Hall–Kier alpha value is -4.48. The van der Waals surface area contributed by atoms with Crippen LogP contribution in [0.4, 0.5) is 10.5 Å². The van der Waals surface area contributed by atoms with Crippen LogP contribution in [0.5, 0.6) is 0 Å². The van der Waals surface area contributed by atoms with Crippen molar-refractivity contribution in [2.75, 3.05) is 18.4 Å². The number of carbonyl (C=O) groups excluding carboxylic acids is 5. The van der Waals surface area contributed by atoms with Gasteiger partial charge in [-0.2, -0.15) is 0 Å². The molecule has 1 unspecified atom stereocenters. The fraction of sp³-hybridized carbons (Fsp3) is 0.529. The Labute approximate surface area is 273 Å². The van der Waals surface area contributed by atoms with E-state index in [1.165, 1.54) is 5.56 Å². The number of urea groups is 1. The summed E-state index contributed by atoms with van der Waals surface area (Å²) in [5.41, 5.74) is 8.43. The molecule has 2 aromatic rings. The van der Waals surface area contributed by atoms with Gasteiger partial charge in [0.1, 0.15) is 12.6 Å². The highest BCUT2D eigenvalue weighted by Gasteiger charge is 2.25. The minimum Gasteiger partial charge on any atom is -0.460 e. The Morgan fingerprint density at radius 2 is 1.59 bits per heavy atom. The minimum atomic E-state index is -0.767. The number of nitrogens with zero attached hydrogens (tertiary/aromatic N) is 1. The molecular weight excluding hydrogens is 588 g/mol. The van der Waals surface area contributed by atoms with Crippen LogP contribution in [0.25, 0.3) is 0 Å². The van der Waals surface area contributed by atoms with Crippen molar-refractivity contribution < 1.29 is 28.7 Å². The first-order chi connectivity index (χ1) is 21.5. The van der Waals surface area contributed by atoms with Gasteiger partial charge in [-0.05, 0) is 88.3 Å². The first kappa shape index (κ1) is 39.5. The van der Waals surface area contributed by atoms with E-state index in [1.807, 2.05) is 39.8 Å². The third-order valence-electron chi connectivity index (χ3n) is 6.54. The van der Waals surface area contributed by atoms with Gasteiger partial charge < -0.3 is 31.7 Å². The van der Waals surface area contributed by atoms with Crippen molar-refractivity contribution in [1.82, 2.24) is 20.9 Å². The normalized spacial score (nSPS) is 11.4. The van der Waals surface area contributed by atoms with Crippen LogP contribution in [-0.2, 0) is 43.4 Å². The lowest BCUT2D eigenvalue weighted by molar-refractivity contribution is -0.154. The van der Waals surface area contributed by atoms with Crippen LogP contribution in [0, 0.1) is 18.3 Å². The second-order valence-electron chi connectivity index (χ2n) is 12.3. The molecule has 0 saturated carbocycles. The van der Waals surface area contributed by atoms with E-state index >= 15 is 0 Å². The minimum absolute atomic E-state index is 0.143. The largest absolute Gasteiger partial charge is 0.460 e. The van der Waals surface area contributed by atoms with Crippen molar-refractivity contribution >= 4 is 35.4 Å². The lowest BCUT2D eigenvalue weighted by atomic mass is 9.97. The van der Waals surface area contributed by atoms with Gasteiger partial charge >= 0.3 is 12.0 Å². The molecule has 0 aliphatic rings. The number of benzene rings is 1. The molecule has 0 fully saturated rings. The van der Waals surface area contributed by atoms with Crippen LogP contribution in [0.3, 0.4) is 0 Å². The summed E-state index contributed by atoms with van der Waals surface area (Å²) in [7, 11) is 0. The average Bonchev–Trinajstić information content (AvgIpc) is 2.99. The summed E-state index contributed by atoms with van der Waals surface area (Å²) in [6.45, 7) is 15.6. The van der Waals surface area contributed by atoms with Gasteiger partial charge in [-0.25, -0.2) is 4.79 Å². The van der Waals surface area contributed by atoms with Crippen molar-refractivity contribution in [1.29, 1.82) is 0 Å². The van der Waals surface area contributed by atoms with Crippen LogP contribution in [0.1, 0.15) is 83.8 Å². The van der Waals surface area contributed by atoms with Crippen molar-refractivity contribution in [3.05, 3.63) is 58.9 Å². The third kappa shape index (κ3) is 16.0. The monoisotopic (exact) mass is 640 g/mol. The summed E-state index contributed by atoms with van der Waals surface area (Å²) < 4.78 is 5.29. The topological polar surface area (TPSA) is 182 Å². The molecular formula is C34H52N6O6. The predicted octanol–water partition coefficient (Wildman–Crippen LogP) is 3.93. The average molecular weight is 641 g/mol. The number of hydrogen-bond acceptors (Lipinski definition) is 7. The summed E-state index contributed by atoms with van der Waals surface area (Å²) >= 11 is 0. The number of ether oxygens (including phenoxy) is 1. The second-order valence-corrected chi connectivity index (χ2v) is 12.3. The van der Waals surface area contributed by atoms with E-state index in [2.05, 4.69) is 33.2 Å². The number of pyridine rings is 1. The molecule has 1 heterocycles. The maximum Gasteiger partial charge on any atom is 0.312 e. The highest BCUT2D eigenvalue weighted by Crippen LogP contribution is 2.17. The Bertz CT molecular complexity index is 1300. The fourth-order valence-electron chi connectivity index (χ4n) is 3.95. The third-order valence-corrected chi connectivity index (χ3v) is 6.54. The van der Waals surface area contributed by atoms with Gasteiger partial charge in [-0.1, -0.05) is 39.8 Å². The Morgan fingerprint density at radius 1 is 0.935 bits per heavy atom. The van der Waals surface area contributed by atoms with Crippen LogP contribution in [-0.4, -0.2) is 53.8 Å². The summed E-state index contributed by atoms with van der Waals surface area (Å²) in [6.07, 6.45) is 2.52. The van der Waals surface area contributed by atoms with Crippen molar-refractivity contribution in [2.45, 2.75) is 93.7 Å². The van der Waals surface area contributed by atoms with Crippen LogP contribution < -0.4 is 27.0 Å². The number of nitrogens with one attached hydrogen (secondary N) is 4. The van der Waals surface area contributed by atoms with Gasteiger partial charge in [0.15, 0.2) is 0 Å². The van der Waals surface area contributed by atoms with E-state index in [1.54, 1.807) is 45.0 Å². The van der Waals surface area contributed by atoms with Crippen molar-refractivity contribution in [3.8, 4) is 0 Å². The molecule has 2 rings (SSSR count). The van der Waals surface area contributed by atoms with Crippen molar-refractivity contribution in [3.63, 3.8) is 0 Å². The maximum absolute atomic E-state index is 12.8. The lowest BCUT2D eigenvalue weighted by Gasteiger charge is -2.21. The maximum atomic E-state index is 12.8. The van der Waals surface area contributed by atoms with Crippen LogP contribution >= 0.6 is 0 Å². The number of nitrogens with two attached hydrogens (primary N) is 1. The first-order valence-corrected chi connectivity index (χ1v) is 15.7. The molecule has 12 nitrogen and oxygen atoms in total. The smallest absolute Gasteiger partial charge is 0.312 e. The zero-order valence-electron chi connectivity index (χ0n) is 28.5. The highest BCUT2D eigenvalue weighted by molar-refractivity contribution is 5.96. The molecule has 0 bridgehead atoms. The second kappa shape index (κ2) is 19.8. The number of anilines is 1. The molecule has 0 radical (unpaired) electrons. The molecule has 1 aromatic carbocycles. The number of hydrogen-bond donors (Lipinski definition) is 5. The van der Waals surface area contributed by atoms with Gasteiger partial charge in [-0.15, -0.1) is 0 Å². The Morgan fingerprint density at radius 3 is 2.11 bits per heavy atom. The molecule has 1 atom stereocenters. The van der Waals surface area contributed by atoms with E-state index < -0.39 is 29.3 Å². The number of aromatic nitrogens is 1. The fourth-order valence-corrected chi connectivity index (χ4v) is 3.95. The summed E-state index contributed by atoms with van der Waals surface area (Å²) in [5.74, 6) is -1.53. The standard InChI is InChI=1S/C30H42N4O5.C4H10N2O/c1-8-21-15-20(4)32-24(16-21)13-14-25(35)34-27(19(2)3)28(37)31-17-26(36)33-23-11-9-22(10-12-23)18-39-29(38)30(5,6)7;1-2-3-6-4(5)7/h9-12,15-16,19,27H,8,13-14,17-18H2,1-7H3,(H,31,37)(H,33,36)(H,34,35);2-3H2,1H3,(H3,5,6,7). The summed E-state index contributed by atoms with van der Waals surface area (Å²) in [6, 6.07) is 9.72. The lowest BCUT2D eigenvalue weighted by Crippen LogP contribution is -2.51. The molecule has 0 saturated heterocycles. The molecule has 5 amide bonds. The summed E-state index contributed by atoms with van der Waals surface area (Å²) in [4.78, 5) is 64.0. The Kier molecular flexibility index (Phi) is 17.0. The van der Waals surface area contributed by atoms with E-state index in [9.17, 15) is 24.0 Å². The quantitative estimate of drug-likeness (QED) is 0.194. The zero-order chi connectivity index (χ0) is 34.9. The highest BCUT2D eigenvalue weighted by atomic mass is 16.5. The number of primary amides is 1. The number of carbonyl (C=O) groups is 5. The predicted molar refractivity (Wildman–Crippen MR) is 179 cm³/mol. The first-order valence-electron chi connectivity index (χ1n) is 15.7. The molecule has 0 aliphatic heterocycles. The van der Waals surface area contributed by atoms with E-state index in [0.29, 0.717) is 18.7 Å². The Balaban J connectivity index is 0.00000135. The molecule has 254 valence electrons. The van der Waals surface area contributed by atoms with E-state index in [-0.39, 0.29) is 37.4 Å². The van der Waals surface area contributed by atoms with Crippen LogP contribution in [0.2, 0.25) is 0 Å². The molecule has 46 heavy (non-hydrogen) atoms. The van der Waals surface area contributed by atoms with Gasteiger partial charge in [0.05, 0.1) is 12.0 Å². The number of rotatable bonds is 14. The van der Waals surface area contributed by atoms with E-state index in [4.69, 9.17) is 10.5 Å². The van der Waals surface area contributed by atoms with Gasteiger partial charge in [0.2, 0.25) is 17.7 Å². The van der Waals surface area contributed by atoms with Crippen LogP contribution in [0.15, 0.2) is 36.4 Å². The van der Waals surface area contributed by atoms with Gasteiger partial charge in [-0.3, -0.25) is 24.2 Å². The van der Waals surface area contributed by atoms with E-state index in [0.717, 1.165) is 29.8 Å². The van der Waals surface area contributed by atoms with Gasteiger partial charge in [0.25, 0.3) is 0 Å². The zero-order valence-corrected chi connectivity index (χ0v) is 28.5. The van der Waals surface area contributed by atoms with Crippen molar-refractivity contribution in [2.24, 2.45) is 17.1 Å². The SMILES string of the molecule is CCCNC(N)=O.CCc1cc(C)nc(CCC(=O)NC(C(=O)NCC(=O)Nc2ccc(COC(=O)C(C)(C)C)cc2)C(C)C)c1. The summed E-state index contributed by atoms with van der Waals surface area (Å²) in [5, 5.41) is 10.6. The number of amides is 5. The molecule has 0 spiro atoms. The molecule has 6 N–H and O–H groups in total. The molecule has 12 heteroatoms. The molecule has 1 aromatic heterocycles. The number of aryl methyl sites for hydroxylation is 3. The number of esters is 1. The van der Waals surface area contributed by atoms with Gasteiger partial charge in [0, 0.05) is 30.0 Å².